The molecule has 0 aliphatic heterocycles. The molecule has 4 rings (SSSR count). The van der Waals surface area contributed by atoms with Gasteiger partial charge in [-0.05, 0) is 78.3 Å². The molecular weight excluding hydrogens is 546 g/mol. The summed E-state index contributed by atoms with van der Waals surface area (Å²) in [6.45, 7) is 11.4. The first kappa shape index (κ1) is 31.8. The summed E-state index contributed by atoms with van der Waals surface area (Å²) in [4.78, 5) is 25.9. The van der Waals surface area contributed by atoms with Gasteiger partial charge >= 0.3 is 11.9 Å². The number of allylic oxidation sites excluding steroid dienone is 1. The van der Waals surface area contributed by atoms with Crippen LogP contribution in [-0.4, -0.2) is 18.0 Å². The van der Waals surface area contributed by atoms with Gasteiger partial charge in [0.2, 0.25) is 0 Å². The van der Waals surface area contributed by atoms with Gasteiger partial charge in [-0.25, -0.2) is 9.59 Å². The molecule has 4 aromatic carbocycles. The number of hydrogen-bond donors (Lipinski definition) is 0. The Morgan fingerprint density at radius 2 is 1.27 bits per heavy atom. The Morgan fingerprint density at radius 3 is 1.82 bits per heavy atom. The van der Waals surface area contributed by atoms with Crippen molar-refractivity contribution >= 4 is 28.9 Å². The van der Waals surface area contributed by atoms with Gasteiger partial charge in [-0.3, -0.25) is 0 Å². The third-order valence-corrected chi connectivity index (χ3v) is 7.39. The molecule has 2 unspecified atom stereocenters. The number of benzene rings is 4. The van der Waals surface area contributed by atoms with Crippen LogP contribution in [0.4, 0.5) is 11.4 Å². The smallest absolute Gasteiger partial charge is 0.335 e. The van der Waals surface area contributed by atoms with Gasteiger partial charge in [-0.1, -0.05) is 99.8 Å². The second kappa shape index (κ2) is 15.9. The Balaban J connectivity index is 1.63. The Bertz CT molecular complexity index is 1530. The summed E-state index contributed by atoms with van der Waals surface area (Å²) in [7, 11) is 0. The number of carbonyl (C=O) groups excluding carboxylic acids is 2. The van der Waals surface area contributed by atoms with E-state index in [4.69, 9.17) is 9.47 Å². The Morgan fingerprint density at radius 1 is 0.705 bits per heavy atom. The average molecular weight is 586 g/mol. The second-order valence-electron chi connectivity index (χ2n) is 10.5. The van der Waals surface area contributed by atoms with Gasteiger partial charge in [0.25, 0.3) is 0 Å². The average Bonchev–Trinajstić information content (AvgIpc) is 3.06. The molecule has 0 saturated carbocycles. The minimum absolute atomic E-state index is 0.134. The molecule has 0 N–H and O–H groups in total. The summed E-state index contributed by atoms with van der Waals surface area (Å²) >= 11 is 0. The highest BCUT2D eigenvalue weighted by atomic mass is 16.5. The van der Waals surface area contributed by atoms with Gasteiger partial charge in [-0.2, -0.15) is 0 Å². The van der Waals surface area contributed by atoms with Crippen molar-refractivity contribution in [2.45, 2.75) is 39.2 Å². The Kier molecular flexibility index (Phi) is 11.5. The van der Waals surface area contributed by atoms with Crippen molar-refractivity contribution in [1.82, 2.24) is 0 Å². The highest BCUT2D eigenvalue weighted by Gasteiger charge is 2.21. The largest absolute Gasteiger partial charge is 0.423 e. The van der Waals surface area contributed by atoms with Crippen molar-refractivity contribution in [3.8, 4) is 11.5 Å². The minimum Gasteiger partial charge on any atom is -0.423 e. The molecular formula is C39H39NO4. The summed E-state index contributed by atoms with van der Waals surface area (Å²) in [6.07, 6.45) is 7.41. The zero-order valence-electron chi connectivity index (χ0n) is 25.4. The number of rotatable bonds is 14. The predicted octanol–water partition coefficient (Wildman–Crippen LogP) is 9.33. The van der Waals surface area contributed by atoms with Gasteiger partial charge in [0.05, 0.1) is 0 Å². The van der Waals surface area contributed by atoms with E-state index >= 15 is 0 Å². The number of anilines is 2. The topological polar surface area (TPSA) is 55.8 Å². The van der Waals surface area contributed by atoms with E-state index < -0.39 is 11.9 Å². The zero-order valence-corrected chi connectivity index (χ0v) is 25.4. The van der Waals surface area contributed by atoms with Crippen molar-refractivity contribution < 1.29 is 19.1 Å². The molecule has 0 bridgehead atoms. The van der Waals surface area contributed by atoms with Crippen molar-refractivity contribution in [2.75, 3.05) is 4.90 Å². The van der Waals surface area contributed by atoms with Crippen molar-refractivity contribution in [3.05, 3.63) is 152 Å². The summed E-state index contributed by atoms with van der Waals surface area (Å²) in [5.41, 5.74) is 5.44. The fourth-order valence-electron chi connectivity index (χ4n) is 5.19. The van der Waals surface area contributed by atoms with Crippen LogP contribution in [0, 0.1) is 5.92 Å². The van der Waals surface area contributed by atoms with Gasteiger partial charge < -0.3 is 14.4 Å². The monoisotopic (exact) mass is 585 g/mol. The molecule has 0 fully saturated rings. The van der Waals surface area contributed by atoms with E-state index in [0.717, 1.165) is 42.8 Å². The quantitative estimate of drug-likeness (QED) is 0.0838. The summed E-state index contributed by atoms with van der Waals surface area (Å²) in [5.74, 6) is 0.165. The van der Waals surface area contributed by atoms with Gasteiger partial charge in [0, 0.05) is 35.6 Å². The number of nitrogens with zero attached hydrogens (tertiary/aromatic N) is 1. The molecule has 0 spiro atoms. The first-order valence-corrected chi connectivity index (χ1v) is 14.9. The third kappa shape index (κ3) is 8.68. The van der Waals surface area contributed by atoms with E-state index in [2.05, 4.69) is 86.5 Å². The molecule has 0 aromatic heterocycles. The number of carbonyl (C=O) groups is 2. The Hall–Kier alpha value is -5.16. The first-order chi connectivity index (χ1) is 21.4. The highest BCUT2D eigenvalue weighted by Crippen LogP contribution is 2.35. The fraction of sp³-hybridized carbons (Fsp3) is 0.179. The zero-order chi connectivity index (χ0) is 31.3. The third-order valence-electron chi connectivity index (χ3n) is 7.39. The van der Waals surface area contributed by atoms with Crippen LogP contribution >= 0.6 is 0 Å². The normalized spacial score (nSPS) is 11.9. The van der Waals surface area contributed by atoms with Crippen LogP contribution in [0.1, 0.15) is 44.2 Å². The number of ether oxygens (including phenoxy) is 2. The molecule has 224 valence electrons. The maximum Gasteiger partial charge on any atom is 0.335 e. The maximum atomic E-state index is 11.9. The number of esters is 2. The highest BCUT2D eigenvalue weighted by molar-refractivity contribution is 5.84. The van der Waals surface area contributed by atoms with E-state index in [1.54, 1.807) is 18.2 Å². The van der Waals surface area contributed by atoms with Crippen LogP contribution < -0.4 is 14.4 Å². The molecule has 0 aliphatic carbocycles. The lowest BCUT2D eigenvalue weighted by Gasteiger charge is -2.34. The van der Waals surface area contributed by atoms with Crippen LogP contribution in [0.2, 0.25) is 0 Å². The fourth-order valence-corrected chi connectivity index (χ4v) is 5.19. The van der Waals surface area contributed by atoms with Crippen LogP contribution in [-0.2, 0) is 9.59 Å². The van der Waals surface area contributed by atoms with Gasteiger partial charge in [-0.15, -0.1) is 0 Å². The van der Waals surface area contributed by atoms with Crippen molar-refractivity contribution in [3.63, 3.8) is 0 Å². The molecule has 0 amide bonds. The van der Waals surface area contributed by atoms with Crippen molar-refractivity contribution in [1.29, 1.82) is 0 Å². The van der Waals surface area contributed by atoms with Crippen LogP contribution in [0.15, 0.2) is 141 Å². The lowest BCUT2D eigenvalue weighted by atomic mass is 9.91. The molecule has 2 atom stereocenters. The molecule has 4 aromatic rings. The van der Waals surface area contributed by atoms with Crippen LogP contribution in [0.3, 0.4) is 0 Å². The second-order valence-corrected chi connectivity index (χ2v) is 10.5. The minimum atomic E-state index is -0.512. The van der Waals surface area contributed by atoms with E-state index in [9.17, 15) is 9.59 Å². The molecule has 0 heterocycles. The molecule has 0 aliphatic rings. The van der Waals surface area contributed by atoms with Crippen LogP contribution in [0.5, 0.6) is 11.5 Å². The van der Waals surface area contributed by atoms with E-state index in [1.165, 1.54) is 16.7 Å². The lowest BCUT2D eigenvalue weighted by molar-refractivity contribution is -0.129. The molecule has 44 heavy (non-hydrogen) atoms. The predicted molar refractivity (Wildman–Crippen MR) is 179 cm³/mol. The summed E-state index contributed by atoms with van der Waals surface area (Å²) in [5, 5.41) is 0. The Labute approximate surface area is 260 Å². The summed E-state index contributed by atoms with van der Waals surface area (Å²) < 4.78 is 10.8. The molecule has 5 nitrogen and oxygen atoms in total. The molecule has 0 saturated heterocycles. The van der Waals surface area contributed by atoms with E-state index in [1.807, 2.05) is 42.5 Å². The van der Waals surface area contributed by atoms with E-state index in [0.29, 0.717) is 17.4 Å². The van der Waals surface area contributed by atoms with E-state index in [-0.39, 0.29) is 6.04 Å². The standard InChI is InChI=1S/C39H39NO4/c1-5-32(22-21-29(4)27-37(30-15-10-8-11-16-30)31-17-12-9-13-18-31)40(33-23-25-35(26-24-33)43-38(41)6-2)34-19-14-20-36(28-34)44-39(42)7-3/h6-20,23-29,32H,2-3,5,21-22H2,1,4H3. The summed E-state index contributed by atoms with van der Waals surface area (Å²) in [6, 6.07) is 36.1. The lowest BCUT2D eigenvalue weighted by Crippen LogP contribution is -2.31. The van der Waals surface area contributed by atoms with Crippen molar-refractivity contribution in [2.24, 2.45) is 5.92 Å². The molecule has 0 radical (unpaired) electrons. The SMILES string of the molecule is C=CC(=O)Oc1ccc(N(c2cccc(OC(=O)C=C)c2)C(CC)CCC(C)C=C(c2ccccc2)c2ccccc2)cc1. The van der Waals surface area contributed by atoms with Gasteiger partial charge in [0.15, 0.2) is 0 Å². The molecule has 5 heteroatoms. The number of hydrogen-bond acceptors (Lipinski definition) is 5. The maximum absolute atomic E-state index is 11.9. The van der Waals surface area contributed by atoms with Gasteiger partial charge in [0.1, 0.15) is 11.5 Å². The van der Waals surface area contributed by atoms with Crippen LogP contribution in [0.25, 0.3) is 5.57 Å². The first-order valence-electron chi connectivity index (χ1n) is 14.9.